The summed E-state index contributed by atoms with van der Waals surface area (Å²) in [5.41, 5.74) is 2.62. The van der Waals surface area contributed by atoms with Crippen LogP contribution in [0.4, 0.5) is 0 Å². The second kappa shape index (κ2) is 27.9. The first-order chi connectivity index (χ1) is 30.4. The van der Waals surface area contributed by atoms with Gasteiger partial charge in [0.25, 0.3) is 17.1 Å². The summed E-state index contributed by atoms with van der Waals surface area (Å²) in [4.78, 5) is 0. The molecule has 9 nitrogen and oxygen atoms in total. The normalized spacial score (nSPS) is 23.5. The van der Waals surface area contributed by atoms with Crippen LogP contribution in [0, 0.1) is 22.7 Å². The molecule has 2 saturated heterocycles. The van der Waals surface area contributed by atoms with E-state index in [4.69, 9.17) is 33.4 Å². The second-order valence-electron chi connectivity index (χ2n) is 17.4. The Hall–Kier alpha value is -0.760. The summed E-state index contributed by atoms with van der Waals surface area (Å²) in [6.07, 6.45) is 12.1. The van der Waals surface area contributed by atoms with Crippen molar-refractivity contribution in [2.45, 2.75) is 196 Å². The summed E-state index contributed by atoms with van der Waals surface area (Å²) < 4.78 is 36.9. The van der Waals surface area contributed by atoms with Crippen LogP contribution in [0.25, 0.3) is 0 Å². The summed E-state index contributed by atoms with van der Waals surface area (Å²) in [5.74, 6) is 0.877. The Morgan fingerprint density at radius 2 is 0.984 bits per heavy atom. The number of ether oxygens (including phenoxy) is 1. The number of nitrogens with zero attached hydrogens (tertiary/aromatic N) is 4. The number of benzene rings is 2. The predicted octanol–water partition coefficient (Wildman–Crippen LogP) is 15.6. The highest BCUT2D eigenvalue weighted by molar-refractivity contribution is 8.78. The van der Waals surface area contributed by atoms with E-state index in [1.807, 2.05) is 69.2 Å². The average Bonchev–Trinajstić information content (AvgIpc) is 3.99. The van der Waals surface area contributed by atoms with Crippen LogP contribution in [0.15, 0.2) is 54.6 Å². The van der Waals surface area contributed by atoms with Gasteiger partial charge in [0.15, 0.2) is 0 Å². The van der Waals surface area contributed by atoms with Gasteiger partial charge in [-0.05, 0) is 104 Å². The lowest BCUT2D eigenvalue weighted by atomic mass is 9.82. The fourth-order valence-electron chi connectivity index (χ4n) is 8.88. The third kappa shape index (κ3) is 14.9. The highest BCUT2D eigenvalue weighted by Crippen LogP contribution is 2.68. The van der Waals surface area contributed by atoms with E-state index in [0.29, 0.717) is 55.5 Å². The van der Waals surface area contributed by atoms with Crippen LogP contribution in [0.2, 0.25) is 0 Å². The molecule has 2 aromatic carbocycles. The molecule has 2 heterocycles. The van der Waals surface area contributed by atoms with Gasteiger partial charge in [-0.15, -0.1) is 0 Å². The van der Waals surface area contributed by atoms with E-state index in [2.05, 4.69) is 119 Å². The van der Waals surface area contributed by atoms with Crippen molar-refractivity contribution in [1.29, 1.82) is 10.5 Å². The summed E-state index contributed by atoms with van der Waals surface area (Å²) in [7, 11) is 7.20. The van der Waals surface area contributed by atoms with Crippen molar-refractivity contribution in [2.75, 3.05) is 20.3 Å². The first-order valence-electron chi connectivity index (χ1n) is 23.3. The smallest absolute Gasteiger partial charge is 0.259 e. The van der Waals surface area contributed by atoms with Gasteiger partial charge in [0.05, 0.1) is 77.5 Å². The first kappa shape index (κ1) is 54.8. The van der Waals surface area contributed by atoms with E-state index in [-0.39, 0.29) is 27.0 Å². The van der Waals surface area contributed by atoms with Crippen molar-refractivity contribution < 1.29 is 22.8 Å². The molecule has 4 aliphatic rings. The molecule has 0 aromatic heterocycles. The van der Waals surface area contributed by atoms with Gasteiger partial charge >= 0.3 is 0 Å². The summed E-state index contributed by atoms with van der Waals surface area (Å²) >= 11 is 0. The molecule has 4 unspecified atom stereocenters. The molecule has 6 rings (SSSR count). The minimum atomic E-state index is -1.27. The van der Waals surface area contributed by atoms with Crippen LogP contribution in [0.5, 0.6) is 5.75 Å². The van der Waals surface area contributed by atoms with Gasteiger partial charge in [-0.1, -0.05) is 132 Å². The second-order valence-corrected chi connectivity index (χ2v) is 25.8. The molecule has 2 saturated carbocycles. The maximum Gasteiger partial charge on any atom is 0.259 e. The van der Waals surface area contributed by atoms with Crippen molar-refractivity contribution in [3.8, 4) is 17.9 Å². The van der Waals surface area contributed by atoms with E-state index >= 15 is 0 Å². The highest BCUT2D eigenvalue weighted by atomic mass is 33.1. The zero-order chi connectivity index (χ0) is 46.0. The maximum absolute atomic E-state index is 9.06. The molecule has 63 heavy (non-hydrogen) atoms. The number of hydrogen-bond acceptors (Lipinski definition) is 13. The standard InChI is InChI=1S/C24H37N2O3PS2.C22H33N2O2PS2.C2H6/c1-18(2)26(19(3)4)30(28-17-9-16-25)29-23-22(20-10-12-21(27-5)13-11-20)31-32-24(23)14-7-6-8-15-24;1-17(2)24(18(3)4)27(25-16-10-15-23)26-21-20(19-11-6-5-7-12-19)28-29-22(21)13-8-9-14-22;1-2/h10-13,18-19,22-23H,6-9,14-15,17H2,1-5H3;5-7,11-12,17-18,20-21H,8-10,13-14,16H2,1-4H3;1-2H3/t;20-,21+,27?;/m.0./s1. The van der Waals surface area contributed by atoms with Gasteiger partial charge in [-0.3, -0.25) is 0 Å². The van der Waals surface area contributed by atoms with Crippen molar-refractivity contribution in [3.63, 3.8) is 0 Å². The van der Waals surface area contributed by atoms with Gasteiger partial charge < -0.3 is 22.8 Å². The lowest BCUT2D eigenvalue weighted by molar-refractivity contribution is 0.0936. The average molecular weight is 979 g/mol. The summed E-state index contributed by atoms with van der Waals surface area (Å²) in [6.45, 7) is 22.4. The first-order valence-corrected chi connectivity index (χ1v) is 30.0. The van der Waals surface area contributed by atoms with Gasteiger partial charge in [0, 0.05) is 24.2 Å². The molecule has 6 atom stereocenters. The third-order valence-corrected chi connectivity index (χ3v) is 23.3. The van der Waals surface area contributed by atoms with Crippen LogP contribution < -0.4 is 4.74 Å². The molecular weight excluding hydrogens is 903 g/mol. The minimum Gasteiger partial charge on any atom is -0.497 e. The molecular formula is C48H76N4O5P2S4. The Morgan fingerprint density at radius 1 is 0.603 bits per heavy atom. The van der Waals surface area contributed by atoms with Crippen LogP contribution in [-0.2, 0) is 18.1 Å². The van der Waals surface area contributed by atoms with E-state index < -0.39 is 17.1 Å². The number of hydrogen-bond donors (Lipinski definition) is 0. The fourth-order valence-corrected chi connectivity index (χ4v) is 21.1. The molecule has 0 N–H and O–H groups in total. The Balaban J connectivity index is 0.000000267. The van der Waals surface area contributed by atoms with Crippen LogP contribution in [0.3, 0.4) is 0 Å². The molecule has 0 radical (unpaired) electrons. The summed E-state index contributed by atoms with van der Waals surface area (Å²) in [6, 6.07) is 24.9. The van der Waals surface area contributed by atoms with Gasteiger partial charge in [-0.2, -0.15) is 10.5 Å². The van der Waals surface area contributed by atoms with Crippen molar-refractivity contribution in [3.05, 3.63) is 65.7 Å². The zero-order valence-corrected chi connectivity index (χ0v) is 44.9. The van der Waals surface area contributed by atoms with Gasteiger partial charge in [-0.25, -0.2) is 9.34 Å². The van der Waals surface area contributed by atoms with Crippen LogP contribution >= 0.6 is 60.2 Å². The predicted molar refractivity (Wildman–Crippen MR) is 274 cm³/mol. The Morgan fingerprint density at radius 3 is 1.35 bits per heavy atom. The molecule has 2 aromatic rings. The monoisotopic (exact) mass is 978 g/mol. The van der Waals surface area contributed by atoms with Crippen molar-refractivity contribution in [1.82, 2.24) is 9.34 Å². The maximum atomic E-state index is 9.06. The van der Waals surface area contributed by atoms with Crippen LogP contribution in [0.1, 0.15) is 161 Å². The number of rotatable bonds is 19. The Kier molecular flexibility index (Phi) is 24.3. The molecule has 2 aliphatic heterocycles. The quantitative estimate of drug-likeness (QED) is 0.0759. The van der Waals surface area contributed by atoms with E-state index in [9.17, 15) is 0 Å². The largest absolute Gasteiger partial charge is 0.497 e. The molecule has 15 heteroatoms. The van der Waals surface area contributed by atoms with E-state index in [1.54, 1.807) is 7.11 Å². The van der Waals surface area contributed by atoms with Gasteiger partial charge in [0.1, 0.15) is 5.75 Å². The third-order valence-electron chi connectivity index (χ3n) is 11.7. The highest BCUT2D eigenvalue weighted by Gasteiger charge is 2.55. The Labute approximate surface area is 400 Å². The van der Waals surface area contributed by atoms with Gasteiger partial charge in [0.2, 0.25) is 0 Å². The van der Waals surface area contributed by atoms with Crippen LogP contribution in [-0.4, -0.2) is 75.5 Å². The Bertz CT molecular complexity index is 1660. The van der Waals surface area contributed by atoms with E-state index in [0.717, 1.165) is 5.75 Å². The van der Waals surface area contributed by atoms with Crippen molar-refractivity contribution >= 4 is 60.2 Å². The number of nitriles is 2. The lowest BCUT2D eigenvalue weighted by Crippen LogP contribution is -2.43. The molecule has 0 bridgehead atoms. The fraction of sp³-hybridized carbons (Fsp3) is 0.708. The minimum absolute atomic E-state index is 0.0689. The van der Waals surface area contributed by atoms with E-state index in [1.165, 1.54) is 68.9 Å². The molecule has 2 aliphatic carbocycles. The van der Waals surface area contributed by atoms with Crippen molar-refractivity contribution in [2.24, 2.45) is 0 Å². The summed E-state index contributed by atoms with van der Waals surface area (Å²) in [5, 5.41) is 18.6. The molecule has 4 fully saturated rings. The SMILES string of the molecule is CC.CC(C)N(C(C)C)P(OCCC#N)O[C@@H]1[C@H](c2ccccc2)SSC12CCCC2.COc1ccc(C2SSC3(CCCCC3)C2OP(OCCC#N)N(C(C)C)C(C)C)cc1. The topological polar surface area (TPSA) is 100 Å². The molecule has 2 spiro atoms. The lowest BCUT2D eigenvalue weighted by Gasteiger charge is -2.43. The number of methoxy groups -OCH3 is 1. The zero-order valence-electron chi connectivity index (χ0n) is 39.9. The molecule has 352 valence electrons. The molecule has 0 amide bonds.